The van der Waals surface area contributed by atoms with Gasteiger partial charge >= 0.3 is 0 Å². The van der Waals surface area contributed by atoms with Gasteiger partial charge in [0, 0.05) is 30.2 Å². The highest BCUT2D eigenvalue weighted by molar-refractivity contribution is 14.0. The van der Waals surface area contributed by atoms with E-state index in [4.69, 9.17) is 0 Å². The Morgan fingerprint density at radius 2 is 2.00 bits per heavy atom. The molecule has 0 spiro atoms. The Bertz CT molecular complexity index is 525. The fourth-order valence-electron chi connectivity index (χ4n) is 1.97. The molecule has 6 nitrogen and oxygen atoms in total. The molecule has 0 bridgehead atoms. The Hall–Kier alpha value is -0.900. The van der Waals surface area contributed by atoms with Gasteiger partial charge in [-0.2, -0.15) is 0 Å². The van der Waals surface area contributed by atoms with E-state index in [0.717, 1.165) is 31.5 Å². The van der Waals surface area contributed by atoms with E-state index < -0.39 is 0 Å². The van der Waals surface area contributed by atoms with Crippen LogP contribution in [-0.2, 0) is 11.2 Å². The van der Waals surface area contributed by atoms with Gasteiger partial charge in [-0.05, 0) is 47.0 Å². The first kappa shape index (κ1) is 23.1. The molecule has 1 aromatic rings. The molecule has 1 rings (SSSR count). The predicted octanol–water partition coefficient (Wildman–Crippen LogP) is 2.47. The fraction of sp³-hybridized carbons (Fsp3) is 0.688. The van der Waals surface area contributed by atoms with Crippen molar-refractivity contribution in [2.45, 2.75) is 52.5 Å². The van der Waals surface area contributed by atoms with Crippen molar-refractivity contribution in [3.8, 4) is 0 Å². The largest absolute Gasteiger partial charge is 0.356 e. The summed E-state index contributed by atoms with van der Waals surface area (Å²) in [6.45, 7) is 8.94. The van der Waals surface area contributed by atoms with Gasteiger partial charge in [0.1, 0.15) is 0 Å². The maximum atomic E-state index is 11.8. The van der Waals surface area contributed by atoms with E-state index in [0.29, 0.717) is 5.96 Å². The number of amides is 1. The van der Waals surface area contributed by atoms with Gasteiger partial charge in [-0.25, -0.2) is 4.98 Å². The molecule has 0 saturated heterocycles. The smallest absolute Gasteiger partial charge is 0.239 e. The van der Waals surface area contributed by atoms with E-state index in [1.807, 2.05) is 27.7 Å². The van der Waals surface area contributed by atoms with Gasteiger partial charge < -0.3 is 16.0 Å². The van der Waals surface area contributed by atoms with Gasteiger partial charge in [0.2, 0.25) is 5.91 Å². The summed E-state index contributed by atoms with van der Waals surface area (Å²) in [5.41, 5.74) is 0.880. The quantitative estimate of drug-likeness (QED) is 0.249. The zero-order chi connectivity index (χ0) is 17.3. The van der Waals surface area contributed by atoms with Crippen LogP contribution in [-0.4, -0.2) is 42.5 Å². The van der Waals surface area contributed by atoms with Crippen molar-refractivity contribution >= 4 is 47.2 Å². The maximum absolute atomic E-state index is 11.8. The Balaban J connectivity index is 0.00000529. The number of hydrogen-bond donors (Lipinski definition) is 3. The third kappa shape index (κ3) is 10.8. The molecule has 0 atom stereocenters. The minimum absolute atomic E-state index is 0. The molecule has 0 aliphatic carbocycles. The Kier molecular flexibility index (Phi) is 11.2. The molecule has 0 aliphatic rings. The lowest BCUT2D eigenvalue weighted by Crippen LogP contribution is -2.48. The highest BCUT2D eigenvalue weighted by Crippen LogP contribution is 2.11. The second-order valence-corrected chi connectivity index (χ2v) is 7.43. The van der Waals surface area contributed by atoms with E-state index in [1.54, 1.807) is 18.4 Å². The molecule has 1 heterocycles. The number of carbonyl (C=O) groups excluding carboxylic acids is 1. The van der Waals surface area contributed by atoms with Crippen molar-refractivity contribution in [1.82, 2.24) is 20.9 Å². The standard InChI is InChI=1S/C16H29N5OS.HI/c1-12-11-23-14(20-12)8-6-7-9-18-15(17-5)19-10-13(22)21-16(2,3)4;/h11H,6-10H2,1-5H3,(H,21,22)(H2,17,18,19);1H. The van der Waals surface area contributed by atoms with Crippen molar-refractivity contribution in [3.63, 3.8) is 0 Å². The number of unbranched alkanes of at least 4 members (excludes halogenated alkanes) is 1. The third-order valence-corrected chi connectivity index (χ3v) is 3.96. The van der Waals surface area contributed by atoms with Crippen LogP contribution in [0.4, 0.5) is 0 Å². The fourth-order valence-corrected chi connectivity index (χ4v) is 2.79. The van der Waals surface area contributed by atoms with Crippen LogP contribution in [0.1, 0.15) is 44.3 Å². The minimum atomic E-state index is -0.218. The van der Waals surface area contributed by atoms with E-state index in [9.17, 15) is 4.79 Å². The number of nitrogens with one attached hydrogen (secondary N) is 3. The molecule has 0 fully saturated rings. The van der Waals surface area contributed by atoms with Crippen LogP contribution in [0.15, 0.2) is 10.4 Å². The van der Waals surface area contributed by atoms with E-state index >= 15 is 0 Å². The van der Waals surface area contributed by atoms with Crippen molar-refractivity contribution < 1.29 is 4.79 Å². The molecule has 138 valence electrons. The molecule has 1 amide bonds. The van der Waals surface area contributed by atoms with E-state index in [-0.39, 0.29) is 42.0 Å². The first-order valence-corrected chi connectivity index (χ1v) is 8.84. The number of aryl methyl sites for hydroxylation is 2. The number of nitrogens with zero attached hydrogens (tertiary/aromatic N) is 2. The van der Waals surface area contributed by atoms with Gasteiger partial charge in [0.05, 0.1) is 11.6 Å². The number of hydrogen-bond acceptors (Lipinski definition) is 4. The predicted molar refractivity (Wildman–Crippen MR) is 112 cm³/mol. The summed E-state index contributed by atoms with van der Waals surface area (Å²) in [7, 11) is 1.70. The number of aromatic nitrogens is 1. The molecule has 0 unspecified atom stereocenters. The number of thiazole rings is 1. The SMILES string of the molecule is CN=C(NCCCCc1nc(C)cs1)NCC(=O)NC(C)(C)C.I. The van der Waals surface area contributed by atoms with Gasteiger partial charge in [-0.15, -0.1) is 35.3 Å². The number of rotatable bonds is 7. The van der Waals surface area contributed by atoms with Crippen LogP contribution >= 0.6 is 35.3 Å². The Morgan fingerprint density at radius 1 is 1.29 bits per heavy atom. The monoisotopic (exact) mass is 467 g/mol. The van der Waals surface area contributed by atoms with Gasteiger partial charge in [-0.3, -0.25) is 9.79 Å². The molecule has 0 radical (unpaired) electrons. The lowest BCUT2D eigenvalue weighted by molar-refractivity contribution is -0.121. The van der Waals surface area contributed by atoms with Crippen molar-refractivity contribution in [3.05, 3.63) is 16.1 Å². The van der Waals surface area contributed by atoms with Crippen LogP contribution in [0.5, 0.6) is 0 Å². The Morgan fingerprint density at radius 3 is 2.54 bits per heavy atom. The van der Waals surface area contributed by atoms with Crippen molar-refractivity contribution in [2.24, 2.45) is 4.99 Å². The normalized spacial score (nSPS) is 11.6. The summed E-state index contributed by atoms with van der Waals surface area (Å²) in [4.78, 5) is 20.3. The van der Waals surface area contributed by atoms with Crippen LogP contribution in [0.2, 0.25) is 0 Å². The maximum Gasteiger partial charge on any atom is 0.239 e. The number of guanidine groups is 1. The van der Waals surface area contributed by atoms with Gasteiger partial charge in [0.15, 0.2) is 5.96 Å². The zero-order valence-corrected chi connectivity index (χ0v) is 18.4. The van der Waals surface area contributed by atoms with Crippen LogP contribution in [0, 0.1) is 6.92 Å². The second-order valence-electron chi connectivity index (χ2n) is 6.49. The molecule has 0 aliphatic heterocycles. The molecular weight excluding hydrogens is 437 g/mol. The minimum Gasteiger partial charge on any atom is -0.356 e. The first-order chi connectivity index (χ1) is 10.8. The average molecular weight is 467 g/mol. The third-order valence-electron chi connectivity index (χ3n) is 2.93. The van der Waals surface area contributed by atoms with Crippen LogP contribution in [0.3, 0.4) is 0 Å². The van der Waals surface area contributed by atoms with Gasteiger partial charge in [-0.1, -0.05) is 0 Å². The number of aliphatic imine (C=N–C) groups is 1. The molecule has 0 saturated carbocycles. The lowest BCUT2D eigenvalue weighted by atomic mass is 10.1. The number of carbonyl (C=O) groups is 1. The average Bonchev–Trinajstić information content (AvgIpc) is 2.85. The van der Waals surface area contributed by atoms with E-state index in [1.165, 1.54) is 5.01 Å². The molecular formula is C16H30IN5OS. The highest BCUT2D eigenvalue weighted by Gasteiger charge is 2.13. The summed E-state index contributed by atoms with van der Waals surface area (Å²) in [5, 5.41) is 12.4. The Labute approximate surface area is 166 Å². The summed E-state index contributed by atoms with van der Waals surface area (Å²) in [5.74, 6) is 0.610. The molecule has 0 aromatic carbocycles. The van der Waals surface area contributed by atoms with Crippen molar-refractivity contribution in [2.75, 3.05) is 20.1 Å². The highest BCUT2D eigenvalue weighted by atomic mass is 127. The topological polar surface area (TPSA) is 78.4 Å². The molecule has 1 aromatic heterocycles. The van der Waals surface area contributed by atoms with Crippen LogP contribution < -0.4 is 16.0 Å². The van der Waals surface area contributed by atoms with Gasteiger partial charge in [0.25, 0.3) is 0 Å². The lowest BCUT2D eigenvalue weighted by Gasteiger charge is -2.21. The summed E-state index contributed by atoms with van der Waals surface area (Å²) >= 11 is 1.72. The zero-order valence-electron chi connectivity index (χ0n) is 15.2. The molecule has 24 heavy (non-hydrogen) atoms. The summed E-state index contributed by atoms with van der Waals surface area (Å²) in [6, 6.07) is 0. The summed E-state index contributed by atoms with van der Waals surface area (Å²) < 4.78 is 0. The molecule has 8 heteroatoms. The van der Waals surface area contributed by atoms with Crippen molar-refractivity contribution in [1.29, 1.82) is 0 Å². The van der Waals surface area contributed by atoms with E-state index in [2.05, 4.69) is 31.3 Å². The molecule has 3 N–H and O–H groups in total. The number of halogens is 1. The summed E-state index contributed by atoms with van der Waals surface area (Å²) in [6.07, 6.45) is 3.13. The van der Waals surface area contributed by atoms with Crippen LogP contribution in [0.25, 0.3) is 0 Å². The first-order valence-electron chi connectivity index (χ1n) is 7.96. The second kappa shape index (κ2) is 11.6.